The summed E-state index contributed by atoms with van der Waals surface area (Å²) in [7, 11) is 0. The van der Waals surface area contributed by atoms with E-state index in [4.69, 9.17) is 0 Å². The molecule has 1 unspecified atom stereocenters. The predicted molar refractivity (Wildman–Crippen MR) is 64.2 cm³/mol. The Bertz CT molecular complexity index is 548. The molecule has 1 atom stereocenters. The maximum Gasteiger partial charge on any atom is 0.165 e. The Morgan fingerprint density at radius 3 is 2.35 bits per heavy atom. The molecule has 0 aliphatic carbocycles. The van der Waals surface area contributed by atoms with Crippen molar-refractivity contribution in [2.24, 2.45) is 0 Å². The summed E-state index contributed by atoms with van der Waals surface area (Å²) in [6.45, 7) is 3.32. The zero-order chi connectivity index (χ0) is 12.6. The monoisotopic (exact) mass is 254 g/mol. The van der Waals surface area contributed by atoms with Gasteiger partial charge in [0.2, 0.25) is 0 Å². The van der Waals surface area contributed by atoms with Gasteiger partial charge < -0.3 is 5.11 Å². The van der Waals surface area contributed by atoms with Crippen LogP contribution in [0.2, 0.25) is 0 Å². The van der Waals surface area contributed by atoms with Crippen molar-refractivity contribution in [3.63, 3.8) is 0 Å². The highest BCUT2D eigenvalue weighted by molar-refractivity contribution is 7.10. The van der Waals surface area contributed by atoms with Crippen molar-refractivity contribution in [2.45, 2.75) is 20.0 Å². The third kappa shape index (κ3) is 2.10. The number of thiophene rings is 1. The summed E-state index contributed by atoms with van der Waals surface area (Å²) in [6.07, 6.45) is -1.11. The topological polar surface area (TPSA) is 20.2 Å². The fourth-order valence-corrected chi connectivity index (χ4v) is 2.61. The van der Waals surface area contributed by atoms with Crippen molar-refractivity contribution in [3.05, 3.63) is 56.8 Å². The third-order valence-corrected chi connectivity index (χ3v) is 3.82. The van der Waals surface area contributed by atoms with Crippen LogP contribution in [0.3, 0.4) is 0 Å². The maximum atomic E-state index is 13.7. The summed E-state index contributed by atoms with van der Waals surface area (Å²) in [4.78, 5) is 0.646. The number of hydrogen-bond acceptors (Lipinski definition) is 2. The standard InChI is InChI=1S/C13H12F2OS/c1-7-3-4-9(11(15)10(7)14)12(16)13-8(2)5-6-17-13/h3-6,12,16H,1-2H3. The fourth-order valence-electron chi connectivity index (χ4n) is 1.68. The Labute approximate surface area is 102 Å². The molecule has 0 bridgehead atoms. The van der Waals surface area contributed by atoms with E-state index >= 15 is 0 Å². The average molecular weight is 254 g/mol. The van der Waals surface area contributed by atoms with Crippen LogP contribution >= 0.6 is 11.3 Å². The Morgan fingerprint density at radius 2 is 1.76 bits per heavy atom. The van der Waals surface area contributed by atoms with Crippen LogP contribution in [0.5, 0.6) is 0 Å². The summed E-state index contributed by atoms with van der Waals surface area (Å²) in [5.74, 6) is -1.86. The van der Waals surface area contributed by atoms with E-state index in [1.54, 1.807) is 0 Å². The normalized spacial score (nSPS) is 12.8. The highest BCUT2D eigenvalue weighted by Crippen LogP contribution is 2.31. The van der Waals surface area contributed by atoms with Crippen molar-refractivity contribution < 1.29 is 13.9 Å². The van der Waals surface area contributed by atoms with Gasteiger partial charge >= 0.3 is 0 Å². The first-order valence-corrected chi connectivity index (χ1v) is 6.07. The molecule has 1 nitrogen and oxygen atoms in total. The molecule has 0 aliphatic heterocycles. The second-order valence-corrected chi connectivity index (χ2v) is 4.92. The molecule has 0 spiro atoms. The van der Waals surface area contributed by atoms with E-state index in [9.17, 15) is 13.9 Å². The zero-order valence-corrected chi connectivity index (χ0v) is 10.3. The van der Waals surface area contributed by atoms with Crippen LogP contribution in [0.25, 0.3) is 0 Å². The molecule has 1 aromatic carbocycles. The molecule has 0 saturated heterocycles. The molecule has 17 heavy (non-hydrogen) atoms. The maximum absolute atomic E-state index is 13.7. The Kier molecular flexibility index (Phi) is 3.26. The lowest BCUT2D eigenvalue weighted by Gasteiger charge is -2.12. The van der Waals surface area contributed by atoms with E-state index in [0.29, 0.717) is 4.88 Å². The second kappa shape index (κ2) is 4.55. The lowest BCUT2D eigenvalue weighted by atomic mass is 10.0. The first kappa shape index (κ1) is 12.2. The average Bonchev–Trinajstić information content (AvgIpc) is 2.72. The van der Waals surface area contributed by atoms with Crippen molar-refractivity contribution >= 4 is 11.3 Å². The van der Waals surface area contributed by atoms with Crippen LogP contribution < -0.4 is 0 Å². The van der Waals surface area contributed by atoms with Gasteiger partial charge in [0, 0.05) is 10.4 Å². The van der Waals surface area contributed by atoms with Crippen molar-refractivity contribution in [1.29, 1.82) is 0 Å². The minimum absolute atomic E-state index is 0.0151. The zero-order valence-electron chi connectivity index (χ0n) is 9.50. The Hall–Kier alpha value is -1.26. The highest BCUT2D eigenvalue weighted by Gasteiger charge is 2.21. The van der Waals surface area contributed by atoms with E-state index < -0.39 is 17.7 Å². The molecule has 1 heterocycles. The predicted octanol–water partition coefficient (Wildman–Crippen LogP) is 3.72. The number of benzene rings is 1. The van der Waals surface area contributed by atoms with Gasteiger partial charge in [-0.1, -0.05) is 12.1 Å². The Morgan fingerprint density at radius 1 is 1.06 bits per heavy atom. The highest BCUT2D eigenvalue weighted by atomic mass is 32.1. The summed E-state index contributed by atoms with van der Waals surface area (Å²) in [6, 6.07) is 4.74. The number of aliphatic hydroxyl groups excluding tert-OH is 1. The van der Waals surface area contributed by atoms with Crippen LogP contribution in [0.15, 0.2) is 23.6 Å². The molecule has 1 aromatic heterocycles. The molecular formula is C13H12F2OS. The fraction of sp³-hybridized carbons (Fsp3) is 0.231. The molecule has 0 radical (unpaired) electrons. The van der Waals surface area contributed by atoms with Crippen molar-refractivity contribution in [2.75, 3.05) is 0 Å². The van der Waals surface area contributed by atoms with Gasteiger partial charge in [0.05, 0.1) is 0 Å². The number of aryl methyl sites for hydroxylation is 2. The summed E-state index contributed by atoms with van der Waals surface area (Å²) < 4.78 is 27.1. The first-order valence-electron chi connectivity index (χ1n) is 5.19. The molecular weight excluding hydrogens is 242 g/mol. The minimum atomic E-state index is -1.11. The van der Waals surface area contributed by atoms with Crippen LogP contribution in [0.1, 0.15) is 27.7 Å². The molecule has 90 valence electrons. The molecule has 0 saturated carbocycles. The third-order valence-electron chi connectivity index (χ3n) is 2.75. The summed E-state index contributed by atoms with van der Waals surface area (Å²) >= 11 is 1.33. The van der Waals surface area contributed by atoms with Crippen LogP contribution in [-0.2, 0) is 0 Å². The molecule has 0 aliphatic rings. The molecule has 2 aromatic rings. The largest absolute Gasteiger partial charge is 0.383 e. The number of rotatable bonds is 2. The first-order chi connectivity index (χ1) is 8.02. The van der Waals surface area contributed by atoms with E-state index in [-0.39, 0.29) is 11.1 Å². The van der Waals surface area contributed by atoms with Gasteiger partial charge in [-0.25, -0.2) is 8.78 Å². The smallest absolute Gasteiger partial charge is 0.165 e. The number of halogens is 2. The number of hydrogen-bond donors (Lipinski definition) is 1. The second-order valence-electron chi connectivity index (χ2n) is 3.97. The molecule has 4 heteroatoms. The van der Waals surface area contributed by atoms with Crippen LogP contribution in [-0.4, -0.2) is 5.11 Å². The van der Waals surface area contributed by atoms with Crippen LogP contribution in [0, 0.1) is 25.5 Å². The van der Waals surface area contributed by atoms with Gasteiger partial charge in [0.15, 0.2) is 11.6 Å². The number of aliphatic hydroxyl groups is 1. The van der Waals surface area contributed by atoms with Crippen LogP contribution in [0.4, 0.5) is 8.78 Å². The van der Waals surface area contributed by atoms with E-state index in [1.165, 1.54) is 30.4 Å². The SMILES string of the molecule is Cc1ccsc1C(O)c1ccc(C)c(F)c1F. The lowest BCUT2D eigenvalue weighted by Crippen LogP contribution is -2.04. The van der Waals surface area contributed by atoms with Gasteiger partial charge in [-0.05, 0) is 36.4 Å². The van der Waals surface area contributed by atoms with E-state index in [2.05, 4.69) is 0 Å². The summed E-state index contributed by atoms with van der Waals surface area (Å²) in [5.41, 5.74) is 1.10. The van der Waals surface area contributed by atoms with Gasteiger partial charge in [0.1, 0.15) is 6.10 Å². The van der Waals surface area contributed by atoms with Gasteiger partial charge in [-0.15, -0.1) is 11.3 Å². The molecule has 2 rings (SSSR count). The van der Waals surface area contributed by atoms with Crippen molar-refractivity contribution in [1.82, 2.24) is 0 Å². The molecule has 1 N–H and O–H groups in total. The van der Waals surface area contributed by atoms with Gasteiger partial charge in [0.25, 0.3) is 0 Å². The summed E-state index contributed by atoms with van der Waals surface area (Å²) in [5, 5.41) is 11.9. The van der Waals surface area contributed by atoms with E-state index in [0.717, 1.165) is 5.56 Å². The van der Waals surface area contributed by atoms with Crippen molar-refractivity contribution in [3.8, 4) is 0 Å². The molecule has 0 amide bonds. The minimum Gasteiger partial charge on any atom is -0.383 e. The van der Waals surface area contributed by atoms with Gasteiger partial charge in [-0.3, -0.25) is 0 Å². The van der Waals surface area contributed by atoms with Gasteiger partial charge in [-0.2, -0.15) is 0 Å². The Balaban J connectivity index is 2.48. The lowest BCUT2D eigenvalue weighted by molar-refractivity contribution is 0.216. The quantitative estimate of drug-likeness (QED) is 0.866. The molecule has 0 fully saturated rings. The van der Waals surface area contributed by atoms with E-state index in [1.807, 2.05) is 18.4 Å².